The average molecular weight is 312 g/mol. The van der Waals surface area contributed by atoms with E-state index in [-0.39, 0.29) is 6.04 Å². The maximum Gasteiger partial charge on any atom is 0.137 e. The van der Waals surface area contributed by atoms with E-state index in [1.807, 2.05) is 12.1 Å². The molecule has 0 aliphatic rings. The van der Waals surface area contributed by atoms with Gasteiger partial charge in [0, 0.05) is 12.1 Å². The summed E-state index contributed by atoms with van der Waals surface area (Å²) in [6.07, 6.45) is 0.396. The third kappa shape index (κ3) is 3.71. The number of rotatable bonds is 5. The fraction of sp³-hybridized carbons (Fsp3) is 0.250. The number of hydrogen-bond acceptors (Lipinski definition) is 2. The normalized spacial score (nSPS) is 12.2. The van der Waals surface area contributed by atoms with Crippen LogP contribution in [0, 0.1) is 11.6 Å². The van der Waals surface area contributed by atoms with E-state index < -0.39 is 11.6 Å². The Hall–Kier alpha value is -1.65. The van der Waals surface area contributed by atoms with Gasteiger partial charge in [-0.15, -0.1) is 0 Å². The molecule has 0 bridgehead atoms. The maximum atomic E-state index is 13.8. The molecule has 2 aromatic rings. The Labute approximate surface area is 127 Å². The van der Waals surface area contributed by atoms with E-state index in [0.717, 1.165) is 11.6 Å². The second kappa shape index (κ2) is 6.87. The fourth-order valence-corrected chi connectivity index (χ4v) is 2.38. The molecule has 0 spiro atoms. The molecule has 1 unspecified atom stereocenters. The number of methoxy groups -OCH3 is 1. The molecule has 0 aromatic heterocycles. The van der Waals surface area contributed by atoms with Crippen molar-refractivity contribution in [3.8, 4) is 5.75 Å². The van der Waals surface area contributed by atoms with Gasteiger partial charge >= 0.3 is 0 Å². The zero-order chi connectivity index (χ0) is 15.4. The average Bonchev–Trinajstić information content (AvgIpc) is 2.47. The molecule has 2 aromatic carbocycles. The van der Waals surface area contributed by atoms with Crippen LogP contribution in [0.15, 0.2) is 36.4 Å². The second-order valence-corrected chi connectivity index (χ2v) is 5.08. The summed E-state index contributed by atoms with van der Waals surface area (Å²) in [7, 11) is 3.33. The Kier molecular flexibility index (Phi) is 5.15. The van der Waals surface area contributed by atoms with Gasteiger partial charge in [-0.3, -0.25) is 0 Å². The lowest BCUT2D eigenvalue weighted by atomic mass is 9.98. The number of ether oxygens (including phenoxy) is 1. The molecule has 5 heteroatoms. The first kappa shape index (κ1) is 15.7. The Morgan fingerprint density at radius 1 is 1.19 bits per heavy atom. The van der Waals surface area contributed by atoms with E-state index in [4.69, 9.17) is 16.3 Å². The molecule has 1 N–H and O–H groups in total. The van der Waals surface area contributed by atoms with Gasteiger partial charge in [0.2, 0.25) is 0 Å². The van der Waals surface area contributed by atoms with Gasteiger partial charge in [0.25, 0.3) is 0 Å². The van der Waals surface area contributed by atoms with Crippen molar-refractivity contribution in [3.63, 3.8) is 0 Å². The summed E-state index contributed by atoms with van der Waals surface area (Å²) >= 11 is 6.00. The molecule has 2 rings (SSSR count). The second-order valence-electron chi connectivity index (χ2n) is 4.68. The quantitative estimate of drug-likeness (QED) is 0.896. The molecule has 2 nitrogen and oxygen atoms in total. The van der Waals surface area contributed by atoms with E-state index in [1.54, 1.807) is 20.2 Å². The monoisotopic (exact) mass is 311 g/mol. The van der Waals surface area contributed by atoms with Crippen LogP contribution in [-0.4, -0.2) is 14.2 Å². The van der Waals surface area contributed by atoms with Crippen molar-refractivity contribution < 1.29 is 13.5 Å². The minimum absolute atomic E-state index is 0.129. The lowest BCUT2D eigenvalue weighted by molar-refractivity contribution is 0.413. The van der Waals surface area contributed by atoms with Gasteiger partial charge in [-0.2, -0.15) is 0 Å². The Bertz CT molecular complexity index is 634. The van der Waals surface area contributed by atoms with Crippen LogP contribution in [0.1, 0.15) is 17.2 Å². The van der Waals surface area contributed by atoms with Crippen molar-refractivity contribution in [2.75, 3.05) is 14.2 Å². The summed E-state index contributed by atoms with van der Waals surface area (Å²) in [5.74, 6) is -0.560. The molecule has 21 heavy (non-hydrogen) atoms. The smallest absolute Gasteiger partial charge is 0.137 e. The number of hydrogen-bond donors (Lipinski definition) is 1. The number of nitrogens with one attached hydrogen (secondary N) is 1. The summed E-state index contributed by atoms with van der Waals surface area (Å²) in [6, 6.07) is 8.88. The molecular weight excluding hydrogens is 296 g/mol. The van der Waals surface area contributed by atoms with Crippen molar-refractivity contribution in [1.82, 2.24) is 5.32 Å². The molecule has 0 heterocycles. The van der Waals surface area contributed by atoms with Gasteiger partial charge in [-0.25, -0.2) is 8.78 Å². The van der Waals surface area contributed by atoms with E-state index >= 15 is 0 Å². The van der Waals surface area contributed by atoms with Crippen molar-refractivity contribution in [1.29, 1.82) is 0 Å². The highest BCUT2D eigenvalue weighted by molar-refractivity contribution is 6.32. The molecule has 0 aliphatic heterocycles. The van der Waals surface area contributed by atoms with E-state index in [9.17, 15) is 8.78 Å². The predicted octanol–water partition coefficient (Wildman–Crippen LogP) is 4.13. The highest BCUT2D eigenvalue weighted by atomic mass is 35.5. The third-order valence-corrected chi connectivity index (χ3v) is 3.68. The minimum atomic E-state index is -0.578. The third-order valence-electron chi connectivity index (χ3n) is 3.37. The molecule has 112 valence electrons. The topological polar surface area (TPSA) is 21.3 Å². The number of likely N-dealkylation sites (N-methyl/N-ethyl adjacent to an activating group) is 1. The van der Waals surface area contributed by atoms with Crippen LogP contribution in [-0.2, 0) is 6.42 Å². The van der Waals surface area contributed by atoms with Crippen LogP contribution >= 0.6 is 11.6 Å². The standard InChI is InChI=1S/C16H16ClF2NO/c1-20-15(7-10-3-5-12(18)9-14(10)19)11-4-6-13(17)16(8-11)21-2/h3-6,8-9,15,20H,7H2,1-2H3. The summed E-state index contributed by atoms with van der Waals surface area (Å²) in [6.45, 7) is 0. The molecule has 0 fully saturated rings. The predicted molar refractivity (Wildman–Crippen MR) is 79.9 cm³/mol. The summed E-state index contributed by atoms with van der Waals surface area (Å²) in [5.41, 5.74) is 1.37. The van der Waals surface area contributed by atoms with Crippen LogP contribution in [0.3, 0.4) is 0 Å². The summed E-state index contributed by atoms with van der Waals surface area (Å²) in [4.78, 5) is 0. The van der Waals surface area contributed by atoms with E-state index in [2.05, 4.69) is 5.32 Å². The van der Waals surface area contributed by atoms with Crippen LogP contribution in [0.5, 0.6) is 5.75 Å². The molecule has 0 amide bonds. The molecule has 0 saturated heterocycles. The van der Waals surface area contributed by atoms with Crippen molar-refractivity contribution in [2.45, 2.75) is 12.5 Å². The maximum absolute atomic E-state index is 13.8. The first-order valence-electron chi connectivity index (χ1n) is 6.49. The lowest BCUT2D eigenvalue weighted by Gasteiger charge is -2.18. The lowest BCUT2D eigenvalue weighted by Crippen LogP contribution is -2.19. The molecule has 0 saturated carbocycles. The van der Waals surface area contributed by atoms with Crippen molar-refractivity contribution in [3.05, 3.63) is 64.2 Å². The number of halogens is 3. The van der Waals surface area contributed by atoms with Crippen LogP contribution in [0.2, 0.25) is 5.02 Å². The highest BCUT2D eigenvalue weighted by Gasteiger charge is 2.15. The SMILES string of the molecule is CNC(Cc1ccc(F)cc1F)c1ccc(Cl)c(OC)c1. The molecule has 0 aliphatic carbocycles. The molecule has 1 atom stereocenters. The molecular formula is C16H16ClF2NO. The zero-order valence-corrected chi connectivity index (χ0v) is 12.5. The Balaban J connectivity index is 2.27. The van der Waals surface area contributed by atoms with Gasteiger partial charge in [-0.05, 0) is 42.8 Å². The summed E-state index contributed by atoms with van der Waals surface area (Å²) < 4.78 is 31.9. The van der Waals surface area contributed by atoms with Gasteiger partial charge < -0.3 is 10.1 Å². The minimum Gasteiger partial charge on any atom is -0.495 e. The molecule has 0 radical (unpaired) electrons. The van der Waals surface area contributed by atoms with Crippen LogP contribution < -0.4 is 10.1 Å². The van der Waals surface area contributed by atoms with Crippen LogP contribution in [0.25, 0.3) is 0 Å². The Morgan fingerprint density at radius 3 is 2.57 bits per heavy atom. The summed E-state index contributed by atoms with van der Waals surface area (Å²) in [5, 5.41) is 3.64. The first-order chi connectivity index (χ1) is 10.0. The van der Waals surface area contributed by atoms with Gasteiger partial charge in [-0.1, -0.05) is 23.7 Å². The van der Waals surface area contributed by atoms with Crippen molar-refractivity contribution >= 4 is 11.6 Å². The van der Waals surface area contributed by atoms with E-state index in [1.165, 1.54) is 12.1 Å². The zero-order valence-electron chi connectivity index (χ0n) is 11.8. The first-order valence-corrected chi connectivity index (χ1v) is 6.87. The van der Waals surface area contributed by atoms with Gasteiger partial charge in [0.05, 0.1) is 12.1 Å². The fourth-order valence-electron chi connectivity index (χ4n) is 2.19. The van der Waals surface area contributed by atoms with Gasteiger partial charge in [0.1, 0.15) is 17.4 Å². The number of benzene rings is 2. The van der Waals surface area contributed by atoms with E-state index in [0.29, 0.717) is 22.8 Å². The largest absolute Gasteiger partial charge is 0.495 e. The highest BCUT2D eigenvalue weighted by Crippen LogP contribution is 2.29. The van der Waals surface area contributed by atoms with Crippen LogP contribution in [0.4, 0.5) is 8.78 Å². The van der Waals surface area contributed by atoms with Gasteiger partial charge in [0.15, 0.2) is 0 Å². The Morgan fingerprint density at radius 2 is 1.95 bits per heavy atom. The van der Waals surface area contributed by atoms with Crippen molar-refractivity contribution in [2.24, 2.45) is 0 Å².